The molecule has 1 saturated heterocycles. The van der Waals surface area contributed by atoms with Crippen molar-refractivity contribution in [3.63, 3.8) is 0 Å². The van der Waals surface area contributed by atoms with Gasteiger partial charge in [0.1, 0.15) is 17.4 Å². The van der Waals surface area contributed by atoms with Gasteiger partial charge in [-0.05, 0) is 50.5 Å². The highest BCUT2D eigenvalue weighted by Crippen LogP contribution is 2.25. The lowest BCUT2D eigenvalue weighted by Gasteiger charge is -2.28. The quantitative estimate of drug-likeness (QED) is 0.365. The Morgan fingerprint density at radius 3 is 2.44 bits per heavy atom. The van der Waals surface area contributed by atoms with E-state index in [9.17, 15) is 22.8 Å². The van der Waals surface area contributed by atoms with Gasteiger partial charge in [0.05, 0.1) is 12.8 Å². The van der Waals surface area contributed by atoms with Crippen molar-refractivity contribution >= 4 is 27.9 Å². The normalized spacial score (nSPS) is 17.1. The van der Waals surface area contributed by atoms with Gasteiger partial charge in [-0.25, -0.2) is 4.79 Å². The minimum Gasteiger partial charge on any atom is -0.444 e. The van der Waals surface area contributed by atoms with Gasteiger partial charge in [-0.3, -0.25) is 9.59 Å². The molecule has 1 aliphatic rings. The lowest BCUT2D eigenvalue weighted by molar-refractivity contribution is -0.133. The van der Waals surface area contributed by atoms with Crippen molar-refractivity contribution in [2.45, 2.75) is 44.9 Å². The van der Waals surface area contributed by atoms with Gasteiger partial charge in [-0.1, -0.05) is 36.4 Å². The Morgan fingerprint density at radius 1 is 1.13 bits per heavy atom. The van der Waals surface area contributed by atoms with Crippen LogP contribution in [0, 0.1) is 0 Å². The van der Waals surface area contributed by atoms with Crippen molar-refractivity contribution in [1.82, 2.24) is 10.2 Å². The van der Waals surface area contributed by atoms with Crippen LogP contribution in [0.1, 0.15) is 37.6 Å². The summed E-state index contributed by atoms with van der Waals surface area (Å²) in [6.07, 6.45) is -0.0136. The minimum absolute atomic E-state index is 0.0109. The van der Waals surface area contributed by atoms with Crippen LogP contribution in [0.15, 0.2) is 48.5 Å². The van der Waals surface area contributed by atoms with Crippen molar-refractivity contribution in [2.75, 3.05) is 32.5 Å². The average molecular weight is 562 g/mol. The van der Waals surface area contributed by atoms with Crippen molar-refractivity contribution in [3.8, 4) is 16.9 Å². The summed E-state index contributed by atoms with van der Waals surface area (Å²) in [6, 6.07) is 12.2. The number of nitrogens with two attached hydrogens (primary N) is 1. The maximum Gasteiger partial charge on any atom is 0.410 e. The number of ether oxygens (including phenoxy) is 2. The zero-order valence-corrected chi connectivity index (χ0v) is 23.3. The molecule has 12 heteroatoms. The lowest BCUT2D eigenvalue weighted by Crippen LogP contribution is -2.52. The Kier molecular flexibility index (Phi) is 9.70. The van der Waals surface area contributed by atoms with Crippen LogP contribution >= 0.6 is 0 Å². The van der Waals surface area contributed by atoms with Gasteiger partial charge in [0.25, 0.3) is 5.91 Å². The molecule has 0 saturated carbocycles. The number of carbonyl (C=O) groups is 3. The number of ketones is 1. The lowest BCUT2D eigenvalue weighted by atomic mass is 9.99. The Morgan fingerprint density at radius 2 is 1.82 bits per heavy atom. The molecule has 39 heavy (non-hydrogen) atoms. The molecule has 1 aliphatic heterocycles. The molecule has 0 bridgehead atoms. The van der Waals surface area contributed by atoms with E-state index in [1.807, 2.05) is 0 Å². The van der Waals surface area contributed by atoms with Crippen LogP contribution in [-0.2, 0) is 24.4 Å². The molecular formula is C27H35N3O8S. The van der Waals surface area contributed by atoms with E-state index in [0.717, 1.165) is 11.8 Å². The molecule has 0 radical (unpaired) electrons. The fourth-order valence-corrected chi connectivity index (χ4v) is 4.36. The standard InChI is InChI=1S/C27H35N3O8S/c1-27(2,3)37-26(33)30-13-6-14-36-23(17-30)25(32)29-22(16-28)24(31)19-11-9-18(10-12-19)20-7-5-8-21(15-20)38-39(4,34)35/h5,7-12,15,22-23H,6,13-14,16-17,28H2,1-4H3,(H,29,32)/t22?,23-/m0/s1. The molecule has 1 heterocycles. The molecule has 3 rings (SSSR count). The third-order valence-electron chi connectivity index (χ3n) is 5.67. The summed E-state index contributed by atoms with van der Waals surface area (Å²) in [5.74, 6) is -0.759. The predicted octanol–water partition coefficient (Wildman–Crippen LogP) is 2.34. The van der Waals surface area contributed by atoms with E-state index in [-0.39, 0.29) is 31.2 Å². The van der Waals surface area contributed by atoms with E-state index in [4.69, 9.17) is 19.4 Å². The molecule has 1 unspecified atom stereocenters. The zero-order valence-electron chi connectivity index (χ0n) is 22.5. The maximum atomic E-state index is 13.1. The first-order chi connectivity index (χ1) is 18.3. The number of carbonyl (C=O) groups excluding carboxylic acids is 3. The van der Waals surface area contributed by atoms with E-state index in [2.05, 4.69) is 5.32 Å². The third-order valence-corrected chi connectivity index (χ3v) is 6.17. The van der Waals surface area contributed by atoms with Gasteiger partial charge in [-0.15, -0.1) is 0 Å². The predicted molar refractivity (Wildman–Crippen MR) is 145 cm³/mol. The number of rotatable bonds is 8. The molecule has 3 N–H and O–H groups in total. The number of hydrogen-bond acceptors (Lipinski definition) is 9. The molecule has 212 valence electrons. The Balaban J connectivity index is 1.67. The molecule has 11 nitrogen and oxygen atoms in total. The van der Waals surface area contributed by atoms with Crippen LogP contribution in [0.5, 0.6) is 5.75 Å². The smallest absolute Gasteiger partial charge is 0.410 e. The first-order valence-corrected chi connectivity index (χ1v) is 14.3. The number of hydrogen-bond donors (Lipinski definition) is 2. The molecule has 0 spiro atoms. The van der Waals surface area contributed by atoms with Crippen molar-refractivity contribution < 1.29 is 36.5 Å². The summed E-state index contributed by atoms with van der Waals surface area (Å²) in [7, 11) is -3.67. The van der Waals surface area contributed by atoms with E-state index < -0.39 is 39.9 Å². The molecule has 2 amide bonds. The number of Topliss-reactive ketones (excluding diaryl/α,β-unsaturated/α-hetero) is 1. The molecular weight excluding hydrogens is 526 g/mol. The molecule has 2 atom stereocenters. The minimum atomic E-state index is -3.67. The first kappa shape index (κ1) is 30.1. The number of nitrogens with zero attached hydrogens (tertiary/aromatic N) is 1. The summed E-state index contributed by atoms with van der Waals surface area (Å²) in [6.45, 7) is 5.79. The number of nitrogens with one attached hydrogen (secondary N) is 1. The second-order valence-electron chi connectivity index (χ2n) is 10.2. The first-order valence-electron chi connectivity index (χ1n) is 12.5. The summed E-state index contributed by atoms with van der Waals surface area (Å²) in [5, 5.41) is 2.65. The fraction of sp³-hybridized carbons (Fsp3) is 0.444. The van der Waals surface area contributed by atoms with Crippen molar-refractivity contribution in [3.05, 3.63) is 54.1 Å². The van der Waals surface area contributed by atoms with Gasteiger partial charge >= 0.3 is 16.2 Å². The van der Waals surface area contributed by atoms with E-state index in [0.29, 0.717) is 24.1 Å². The van der Waals surface area contributed by atoms with Crippen LogP contribution in [0.25, 0.3) is 11.1 Å². The van der Waals surface area contributed by atoms with Gasteiger partial charge in [0.2, 0.25) is 0 Å². The zero-order chi connectivity index (χ0) is 28.8. The van der Waals surface area contributed by atoms with Gasteiger partial charge in [0, 0.05) is 25.3 Å². The second-order valence-corrected chi connectivity index (χ2v) is 11.8. The highest BCUT2D eigenvalue weighted by Gasteiger charge is 2.32. The summed E-state index contributed by atoms with van der Waals surface area (Å²) >= 11 is 0. The topological polar surface area (TPSA) is 154 Å². The van der Waals surface area contributed by atoms with Crippen molar-refractivity contribution in [2.24, 2.45) is 5.73 Å². The molecule has 0 aliphatic carbocycles. The third kappa shape index (κ3) is 9.05. The SMILES string of the molecule is CC(C)(C)OC(=O)N1CCCO[C@H](C(=O)NC(CN)C(=O)c2ccc(-c3cccc(OS(C)(=O)=O)c3)cc2)C1. The Hall–Kier alpha value is -3.48. The number of amides is 2. The fourth-order valence-electron chi connectivity index (χ4n) is 3.90. The molecule has 2 aromatic rings. The van der Waals surface area contributed by atoms with Crippen LogP contribution in [0.2, 0.25) is 0 Å². The summed E-state index contributed by atoms with van der Waals surface area (Å²) < 4.78 is 38.8. The Labute approximate surface area is 228 Å². The maximum absolute atomic E-state index is 13.1. The summed E-state index contributed by atoms with van der Waals surface area (Å²) in [5.41, 5.74) is 6.90. The van der Waals surface area contributed by atoms with Crippen LogP contribution < -0.4 is 15.2 Å². The largest absolute Gasteiger partial charge is 0.444 e. The highest BCUT2D eigenvalue weighted by atomic mass is 32.2. The Bertz CT molecular complexity index is 1290. The monoisotopic (exact) mass is 561 g/mol. The van der Waals surface area contributed by atoms with Crippen molar-refractivity contribution in [1.29, 1.82) is 0 Å². The van der Waals surface area contributed by atoms with Crippen LogP contribution in [-0.4, -0.2) is 81.3 Å². The van der Waals surface area contributed by atoms with Gasteiger partial charge in [-0.2, -0.15) is 8.42 Å². The van der Waals surface area contributed by atoms with Crippen LogP contribution in [0.3, 0.4) is 0 Å². The second kappa shape index (κ2) is 12.6. The molecule has 1 fully saturated rings. The van der Waals surface area contributed by atoms with Crippen LogP contribution in [0.4, 0.5) is 4.79 Å². The van der Waals surface area contributed by atoms with E-state index in [1.165, 1.54) is 11.0 Å². The average Bonchev–Trinajstić information content (AvgIpc) is 3.12. The van der Waals surface area contributed by atoms with Gasteiger partial charge in [0.15, 0.2) is 11.9 Å². The van der Waals surface area contributed by atoms with E-state index in [1.54, 1.807) is 63.2 Å². The highest BCUT2D eigenvalue weighted by molar-refractivity contribution is 7.86. The summed E-state index contributed by atoms with van der Waals surface area (Å²) in [4.78, 5) is 40.1. The molecule has 0 aromatic heterocycles. The van der Waals surface area contributed by atoms with Gasteiger partial charge < -0.3 is 29.6 Å². The van der Waals surface area contributed by atoms with E-state index >= 15 is 0 Å². The number of benzene rings is 2. The molecule has 2 aromatic carbocycles.